The zero-order valence-electron chi connectivity index (χ0n) is 17.2. The molecule has 0 radical (unpaired) electrons. The van der Waals surface area contributed by atoms with E-state index in [2.05, 4.69) is 10.2 Å². The molecule has 28 heavy (non-hydrogen) atoms. The second kappa shape index (κ2) is 9.10. The number of carbonyl (C=O) groups excluding carboxylic acids is 1. The third-order valence-electron chi connectivity index (χ3n) is 4.75. The first-order valence-corrected chi connectivity index (χ1v) is 9.93. The van der Waals surface area contributed by atoms with Crippen molar-refractivity contribution in [2.45, 2.75) is 40.3 Å². The minimum Gasteiger partial charge on any atom is -0.494 e. The van der Waals surface area contributed by atoms with E-state index in [4.69, 9.17) is 14.1 Å². The van der Waals surface area contributed by atoms with Crippen molar-refractivity contribution in [1.82, 2.24) is 20.1 Å². The first kappa shape index (κ1) is 20.2. The van der Waals surface area contributed by atoms with E-state index in [0.717, 1.165) is 55.5 Å². The van der Waals surface area contributed by atoms with Gasteiger partial charge in [-0.05, 0) is 52.0 Å². The lowest BCUT2D eigenvalue weighted by molar-refractivity contribution is 0.133. The molecule has 1 N–H and O–H groups in total. The number of rotatable bonds is 6. The summed E-state index contributed by atoms with van der Waals surface area (Å²) in [7, 11) is 0. The first-order chi connectivity index (χ1) is 13.5. The number of benzene rings is 1. The van der Waals surface area contributed by atoms with Gasteiger partial charge in [-0.3, -0.25) is 4.90 Å². The summed E-state index contributed by atoms with van der Waals surface area (Å²) in [4.78, 5) is 21.0. The molecule has 1 aromatic heterocycles. The summed E-state index contributed by atoms with van der Waals surface area (Å²) in [5, 5.41) is 2.95. The fourth-order valence-corrected chi connectivity index (χ4v) is 3.22. The van der Waals surface area contributed by atoms with E-state index >= 15 is 0 Å². The number of hydrogen-bond acceptors (Lipinski definition) is 5. The molecule has 7 nitrogen and oxygen atoms in total. The molecule has 0 aliphatic carbocycles. The average Bonchev–Trinajstić information content (AvgIpc) is 3.03. The van der Waals surface area contributed by atoms with Crippen LogP contribution in [0.4, 0.5) is 4.79 Å². The number of nitrogens with one attached hydrogen (secondary N) is 1. The Morgan fingerprint density at radius 1 is 1.21 bits per heavy atom. The second-order valence-electron chi connectivity index (χ2n) is 7.35. The van der Waals surface area contributed by atoms with Crippen molar-refractivity contribution < 1.29 is 13.9 Å². The highest BCUT2D eigenvalue weighted by molar-refractivity contribution is 5.74. The first-order valence-electron chi connectivity index (χ1n) is 9.93. The van der Waals surface area contributed by atoms with Crippen molar-refractivity contribution in [2.75, 3.05) is 32.8 Å². The lowest BCUT2D eigenvalue weighted by atomic mass is 10.2. The van der Waals surface area contributed by atoms with Gasteiger partial charge in [0, 0.05) is 44.3 Å². The Hall–Kier alpha value is -2.54. The monoisotopic (exact) mass is 386 g/mol. The molecule has 0 unspecified atom stereocenters. The van der Waals surface area contributed by atoms with E-state index in [1.165, 1.54) is 0 Å². The number of carbonyl (C=O) groups is 1. The van der Waals surface area contributed by atoms with Crippen molar-refractivity contribution in [3.63, 3.8) is 0 Å². The largest absolute Gasteiger partial charge is 0.494 e. The maximum Gasteiger partial charge on any atom is 0.317 e. The zero-order chi connectivity index (χ0) is 20.1. The molecule has 7 heteroatoms. The second-order valence-corrected chi connectivity index (χ2v) is 7.35. The number of ether oxygens (including phenoxy) is 1. The summed E-state index contributed by atoms with van der Waals surface area (Å²) >= 11 is 0. The Morgan fingerprint density at radius 3 is 2.50 bits per heavy atom. The fourth-order valence-electron chi connectivity index (χ4n) is 3.22. The zero-order valence-corrected chi connectivity index (χ0v) is 17.2. The third kappa shape index (κ3) is 5.04. The lowest BCUT2D eigenvalue weighted by Crippen LogP contribution is -2.52. The van der Waals surface area contributed by atoms with E-state index in [0.29, 0.717) is 12.5 Å². The van der Waals surface area contributed by atoms with Crippen molar-refractivity contribution in [1.29, 1.82) is 0 Å². The molecule has 1 aliphatic heterocycles. The summed E-state index contributed by atoms with van der Waals surface area (Å²) < 4.78 is 11.4. The van der Waals surface area contributed by atoms with Crippen LogP contribution in [0.2, 0.25) is 0 Å². The number of piperazine rings is 1. The Labute approximate surface area is 166 Å². The van der Waals surface area contributed by atoms with Crippen LogP contribution in [-0.2, 0) is 6.54 Å². The highest BCUT2D eigenvalue weighted by atomic mass is 16.5. The van der Waals surface area contributed by atoms with Gasteiger partial charge in [0.2, 0.25) is 5.89 Å². The van der Waals surface area contributed by atoms with Gasteiger partial charge in [0.25, 0.3) is 0 Å². The number of aryl methyl sites for hydroxylation is 1. The lowest BCUT2D eigenvalue weighted by Gasteiger charge is -2.34. The predicted octanol–water partition coefficient (Wildman–Crippen LogP) is 3.28. The molecule has 0 spiro atoms. The summed E-state index contributed by atoms with van der Waals surface area (Å²) in [6.45, 7) is 12.3. The molecule has 0 bridgehead atoms. The average molecular weight is 386 g/mol. The van der Waals surface area contributed by atoms with Crippen molar-refractivity contribution in [3.8, 4) is 17.2 Å². The number of urea groups is 1. The molecule has 0 saturated carbocycles. The van der Waals surface area contributed by atoms with Crippen molar-refractivity contribution in [2.24, 2.45) is 0 Å². The van der Waals surface area contributed by atoms with Gasteiger partial charge in [-0.25, -0.2) is 9.78 Å². The minimum atomic E-state index is 0.0186. The Bertz CT molecular complexity index is 777. The van der Waals surface area contributed by atoms with Crippen LogP contribution in [-0.4, -0.2) is 59.6 Å². The number of hydrogen-bond donors (Lipinski definition) is 1. The van der Waals surface area contributed by atoms with Gasteiger partial charge in [0.15, 0.2) is 0 Å². The number of oxazole rings is 1. The molecule has 2 amide bonds. The van der Waals surface area contributed by atoms with Crippen LogP contribution >= 0.6 is 0 Å². The highest BCUT2D eigenvalue weighted by Crippen LogP contribution is 2.25. The molecular formula is C21H30N4O3. The van der Waals surface area contributed by atoms with Gasteiger partial charge in [0.05, 0.1) is 12.3 Å². The van der Waals surface area contributed by atoms with Gasteiger partial charge < -0.3 is 19.4 Å². The van der Waals surface area contributed by atoms with Crippen LogP contribution in [0.15, 0.2) is 28.7 Å². The Morgan fingerprint density at radius 2 is 1.89 bits per heavy atom. The summed E-state index contributed by atoms with van der Waals surface area (Å²) in [6.07, 6.45) is 0. The molecule has 152 valence electrons. The van der Waals surface area contributed by atoms with Crippen LogP contribution < -0.4 is 10.1 Å². The molecule has 2 heterocycles. The van der Waals surface area contributed by atoms with E-state index in [-0.39, 0.29) is 12.1 Å². The van der Waals surface area contributed by atoms with Gasteiger partial charge in [-0.1, -0.05) is 0 Å². The van der Waals surface area contributed by atoms with Gasteiger partial charge in [0.1, 0.15) is 11.5 Å². The molecule has 0 atom stereocenters. The van der Waals surface area contributed by atoms with Gasteiger partial charge in [-0.2, -0.15) is 0 Å². The van der Waals surface area contributed by atoms with E-state index < -0.39 is 0 Å². The maximum absolute atomic E-state index is 12.1. The molecule has 2 aromatic rings. The Kier molecular flexibility index (Phi) is 6.57. The van der Waals surface area contributed by atoms with E-state index in [1.807, 2.05) is 56.9 Å². The van der Waals surface area contributed by atoms with Crippen LogP contribution in [0.1, 0.15) is 32.2 Å². The topological polar surface area (TPSA) is 70.8 Å². The highest BCUT2D eigenvalue weighted by Gasteiger charge is 2.23. The number of amides is 2. The van der Waals surface area contributed by atoms with Crippen LogP contribution in [0.25, 0.3) is 11.5 Å². The van der Waals surface area contributed by atoms with Crippen molar-refractivity contribution >= 4 is 6.03 Å². The molecule has 1 aromatic carbocycles. The molecule has 1 aliphatic rings. The molecule has 3 rings (SSSR count). The number of aromatic nitrogens is 1. The van der Waals surface area contributed by atoms with Gasteiger partial charge >= 0.3 is 6.03 Å². The van der Waals surface area contributed by atoms with E-state index in [1.54, 1.807) is 0 Å². The quantitative estimate of drug-likeness (QED) is 0.825. The summed E-state index contributed by atoms with van der Waals surface area (Å²) in [5.74, 6) is 2.31. The standard InChI is InChI=1S/C21H30N4O3/c1-5-27-18-8-6-17(7-9-18)20-23-19(16(4)28-20)14-24-10-12-25(13-11-24)21(26)22-15(2)3/h6-9,15H,5,10-14H2,1-4H3,(H,22,26). The smallest absolute Gasteiger partial charge is 0.317 e. The predicted molar refractivity (Wildman–Crippen MR) is 108 cm³/mol. The fraction of sp³-hybridized carbons (Fsp3) is 0.524. The Balaban J connectivity index is 1.58. The summed E-state index contributed by atoms with van der Waals surface area (Å²) in [5.41, 5.74) is 1.89. The van der Waals surface area contributed by atoms with Crippen LogP contribution in [0.3, 0.4) is 0 Å². The van der Waals surface area contributed by atoms with Gasteiger partial charge in [-0.15, -0.1) is 0 Å². The van der Waals surface area contributed by atoms with E-state index in [9.17, 15) is 4.79 Å². The SMILES string of the molecule is CCOc1ccc(-c2nc(CN3CCN(C(=O)NC(C)C)CC3)c(C)o2)cc1. The third-order valence-corrected chi connectivity index (χ3v) is 4.75. The number of nitrogens with zero attached hydrogens (tertiary/aromatic N) is 3. The van der Waals surface area contributed by atoms with Crippen LogP contribution in [0.5, 0.6) is 5.75 Å². The maximum atomic E-state index is 12.1. The molecule has 1 fully saturated rings. The van der Waals surface area contributed by atoms with Crippen LogP contribution in [0, 0.1) is 6.92 Å². The minimum absolute atomic E-state index is 0.0186. The normalized spacial score (nSPS) is 15.1. The molecular weight excluding hydrogens is 356 g/mol. The van der Waals surface area contributed by atoms with Crippen molar-refractivity contribution in [3.05, 3.63) is 35.7 Å². The summed E-state index contributed by atoms with van der Waals surface area (Å²) in [6, 6.07) is 7.96. The molecule has 1 saturated heterocycles.